The molecule has 1 fully saturated rings. The summed E-state index contributed by atoms with van der Waals surface area (Å²) in [5.74, 6) is -0.772. The second kappa shape index (κ2) is 6.42. The van der Waals surface area contributed by atoms with Gasteiger partial charge in [-0.25, -0.2) is 0 Å². The largest absolute Gasteiger partial charge is 0.365 e. The molecular weight excluding hydrogens is 316 g/mol. The van der Waals surface area contributed by atoms with E-state index >= 15 is 0 Å². The van der Waals surface area contributed by atoms with Crippen LogP contribution in [0.25, 0.3) is 0 Å². The number of rotatable bonds is 4. The van der Waals surface area contributed by atoms with Gasteiger partial charge in [0.1, 0.15) is 5.56 Å². The minimum absolute atomic E-state index is 0.198. The number of benzene rings is 1. The maximum Gasteiger partial charge on any atom is 0.256 e. The van der Waals surface area contributed by atoms with Crippen molar-refractivity contribution in [3.63, 3.8) is 0 Å². The molecule has 1 aliphatic rings. The predicted octanol–water partition coefficient (Wildman–Crippen LogP) is 3.00. The lowest BCUT2D eigenvalue weighted by atomic mass is 10.2. The first kappa shape index (κ1) is 15.6. The van der Waals surface area contributed by atoms with Crippen molar-refractivity contribution >= 4 is 29.2 Å². The molecule has 0 unspecified atom stereocenters. The Bertz CT molecular complexity index is 733. The Morgan fingerprint density at radius 1 is 1.22 bits per heavy atom. The summed E-state index contributed by atoms with van der Waals surface area (Å²) in [6.07, 6.45) is 5.94. The molecule has 120 valence electrons. The van der Waals surface area contributed by atoms with Crippen LogP contribution in [0.2, 0.25) is 5.02 Å². The zero-order chi connectivity index (χ0) is 16.4. The van der Waals surface area contributed by atoms with Gasteiger partial charge in [-0.15, -0.1) is 0 Å². The molecule has 0 radical (unpaired) electrons. The van der Waals surface area contributed by atoms with Crippen LogP contribution < -0.4 is 11.1 Å². The number of carbonyl (C=O) groups is 2. The molecule has 6 nitrogen and oxygen atoms in total. The normalized spacial score (nSPS) is 14.8. The number of carbonyl (C=O) groups excluding carboxylic acids is 2. The third-order valence-corrected chi connectivity index (χ3v) is 4.29. The van der Waals surface area contributed by atoms with E-state index in [1.54, 1.807) is 35.1 Å². The number of aromatic nitrogens is 2. The summed E-state index contributed by atoms with van der Waals surface area (Å²) in [5.41, 5.74) is 6.05. The number of nitrogens with two attached hydrogens (primary N) is 1. The molecule has 2 aromatic rings. The van der Waals surface area contributed by atoms with Crippen LogP contribution in [0.1, 0.15) is 52.4 Å². The van der Waals surface area contributed by atoms with Crippen LogP contribution in [0.5, 0.6) is 0 Å². The van der Waals surface area contributed by atoms with E-state index in [1.807, 2.05) is 0 Å². The van der Waals surface area contributed by atoms with Crippen LogP contribution in [-0.2, 0) is 0 Å². The zero-order valence-electron chi connectivity index (χ0n) is 12.5. The number of hydrogen-bond acceptors (Lipinski definition) is 3. The van der Waals surface area contributed by atoms with E-state index in [1.165, 1.54) is 0 Å². The van der Waals surface area contributed by atoms with Crippen molar-refractivity contribution in [3.05, 3.63) is 46.6 Å². The summed E-state index contributed by atoms with van der Waals surface area (Å²) < 4.78 is 1.74. The van der Waals surface area contributed by atoms with E-state index in [-0.39, 0.29) is 23.3 Å². The average molecular weight is 333 g/mol. The molecule has 1 aliphatic carbocycles. The first-order valence-electron chi connectivity index (χ1n) is 7.50. The second-order valence-corrected chi connectivity index (χ2v) is 6.07. The molecule has 0 saturated heterocycles. The van der Waals surface area contributed by atoms with Gasteiger partial charge < -0.3 is 11.1 Å². The summed E-state index contributed by atoms with van der Waals surface area (Å²) in [7, 11) is 0. The Balaban J connectivity index is 1.84. The number of hydrogen-bond donors (Lipinski definition) is 2. The Morgan fingerprint density at radius 3 is 2.48 bits per heavy atom. The number of amides is 2. The third-order valence-electron chi connectivity index (χ3n) is 4.03. The van der Waals surface area contributed by atoms with Crippen molar-refractivity contribution in [3.8, 4) is 0 Å². The molecule has 3 N–H and O–H groups in total. The third kappa shape index (κ3) is 3.37. The van der Waals surface area contributed by atoms with Gasteiger partial charge in [0.2, 0.25) is 0 Å². The summed E-state index contributed by atoms with van der Waals surface area (Å²) in [6.45, 7) is 0. The summed E-state index contributed by atoms with van der Waals surface area (Å²) in [5, 5.41) is 7.56. The van der Waals surface area contributed by atoms with E-state index in [9.17, 15) is 9.59 Å². The quantitative estimate of drug-likeness (QED) is 0.901. The molecule has 1 saturated carbocycles. The van der Waals surface area contributed by atoms with Crippen molar-refractivity contribution in [2.24, 2.45) is 5.73 Å². The minimum atomic E-state index is -0.611. The number of anilines is 1. The van der Waals surface area contributed by atoms with Crippen molar-refractivity contribution in [1.29, 1.82) is 0 Å². The SMILES string of the molecule is NC(=O)c1cn(C2CCCC2)nc1NC(=O)c1ccc(Cl)cc1. The molecule has 7 heteroatoms. The highest BCUT2D eigenvalue weighted by Gasteiger charge is 2.23. The molecular formula is C16H17ClN4O2. The Labute approximate surface area is 138 Å². The van der Waals surface area contributed by atoms with E-state index in [0.29, 0.717) is 10.6 Å². The van der Waals surface area contributed by atoms with E-state index < -0.39 is 5.91 Å². The van der Waals surface area contributed by atoms with Crippen molar-refractivity contribution < 1.29 is 9.59 Å². The molecule has 0 aliphatic heterocycles. The lowest BCUT2D eigenvalue weighted by Gasteiger charge is -2.08. The van der Waals surface area contributed by atoms with Gasteiger partial charge in [0.15, 0.2) is 5.82 Å². The van der Waals surface area contributed by atoms with Crippen LogP contribution in [0, 0.1) is 0 Å². The van der Waals surface area contributed by atoms with E-state index in [4.69, 9.17) is 17.3 Å². The van der Waals surface area contributed by atoms with Crippen LogP contribution in [0.4, 0.5) is 5.82 Å². The molecule has 1 aromatic carbocycles. The highest BCUT2D eigenvalue weighted by atomic mass is 35.5. The highest BCUT2D eigenvalue weighted by Crippen LogP contribution is 2.30. The Hall–Kier alpha value is -2.34. The lowest BCUT2D eigenvalue weighted by Crippen LogP contribution is -2.17. The first-order valence-corrected chi connectivity index (χ1v) is 7.88. The van der Waals surface area contributed by atoms with Gasteiger partial charge in [0, 0.05) is 16.8 Å². The van der Waals surface area contributed by atoms with Gasteiger partial charge in [-0.3, -0.25) is 14.3 Å². The molecule has 2 amide bonds. The lowest BCUT2D eigenvalue weighted by molar-refractivity contribution is 0.100. The summed E-state index contributed by atoms with van der Waals surface area (Å²) in [4.78, 5) is 23.9. The molecule has 1 heterocycles. The maximum atomic E-state index is 12.3. The van der Waals surface area contributed by atoms with Gasteiger partial charge in [0.25, 0.3) is 11.8 Å². The van der Waals surface area contributed by atoms with E-state index in [0.717, 1.165) is 25.7 Å². The van der Waals surface area contributed by atoms with Gasteiger partial charge in [-0.05, 0) is 37.1 Å². The van der Waals surface area contributed by atoms with Crippen LogP contribution in [-0.4, -0.2) is 21.6 Å². The monoisotopic (exact) mass is 332 g/mol. The predicted molar refractivity (Wildman–Crippen MR) is 87.7 cm³/mol. The van der Waals surface area contributed by atoms with Gasteiger partial charge >= 0.3 is 0 Å². The molecule has 0 spiro atoms. The maximum absolute atomic E-state index is 12.3. The molecule has 23 heavy (non-hydrogen) atoms. The number of primary amides is 1. The Kier molecular flexibility index (Phi) is 4.34. The van der Waals surface area contributed by atoms with E-state index in [2.05, 4.69) is 10.4 Å². The van der Waals surface area contributed by atoms with Crippen molar-refractivity contribution in [1.82, 2.24) is 9.78 Å². The molecule has 0 atom stereocenters. The van der Waals surface area contributed by atoms with Crippen LogP contribution >= 0.6 is 11.6 Å². The first-order chi connectivity index (χ1) is 11.0. The summed E-state index contributed by atoms with van der Waals surface area (Å²) >= 11 is 5.81. The second-order valence-electron chi connectivity index (χ2n) is 5.63. The number of nitrogens with zero attached hydrogens (tertiary/aromatic N) is 2. The van der Waals surface area contributed by atoms with Gasteiger partial charge in [-0.1, -0.05) is 24.4 Å². The van der Waals surface area contributed by atoms with Crippen molar-refractivity contribution in [2.45, 2.75) is 31.7 Å². The highest BCUT2D eigenvalue weighted by molar-refractivity contribution is 6.30. The molecule has 1 aromatic heterocycles. The fraction of sp³-hybridized carbons (Fsp3) is 0.312. The summed E-state index contributed by atoms with van der Waals surface area (Å²) in [6, 6.07) is 6.73. The number of nitrogens with one attached hydrogen (secondary N) is 1. The zero-order valence-corrected chi connectivity index (χ0v) is 13.2. The fourth-order valence-corrected chi connectivity index (χ4v) is 2.93. The number of halogens is 1. The standard InChI is InChI=1S/C16H17ClN4O2/c17-11-7-5-10(6-8-11)16(23)19-15-13(14(18)22)9-21(20-15)12-3-1-2-4-12/h5-9,12H,1-4H2,(H2,18,22)(H,19,20,23). The Morgan fingerprint density at radius 2 is 1.87 bits per heavy atom. The van der Waals surface area contributed by atoms with Gasteiger partial charge in [-0.2, -0.15) is 5.10 Å². The fourth-order valence-electron chi connectivity index (χ4n) is 2.80. The molecule has 3 rings (SSSR count). The molecule has 0 bridgehead atoms. The van der Waals surface area contributed by atoms with Crippen LogP contribution in [0.3, 0.4) is 0 Å². The van der Waals surface area contributed by atoms with Crippen LogP contribution in [0.15, 0.2) is 30.5 Å². The minimum Gasteiger partial charge on any atom is -0.365 e. The smallest absolute Gasteiger partial charge is 0.256 e. The average Bonchev–Trinajstić information content (AvgIpc) is 3.16. The topological polar surface area (TPSA) is 90.0 Å². The van der Waals surface area contributed by atoms with Gasteiger partial charge in [0.05, 0.1) is 6.04 Å². The van der Waals surface area contributed by atoms with Crippen molar-refractivity contribution in [2.75, 3.05) is 5.32 Å².